The second kappa shape index (κ2) is 8.55. The Balaban J connectivity index is 1.47. The third-order valence-electron chi connectivity index (χ3n) is 5.09. The first-order valence-corrected chi connectivity index (χ1v) is 10.9. The van der Waals surface area contributed by atoms with E-state index in [9.17, 15) is 9.59 Å². The summed E-state index contributed by atoms with van der Waals surface area (Å²) in [7, 11) is 0. The summed E-state index contributed by atoms with van der Waals surface area (Å²) >= 11 is 7.14. The maximum absolute atomic E-state index is 13.0. The lowest BCUT2D eigenvalue weighted by molar-refractivity contribution is 0.0950. The SMILES string of the molecule is Cc1c(C(=O)NCCOc2ccc(Cl)cc2)sc2nc3n(c(=O)c12)CCCCC3. The number of fused-ring (bicyclic) bond motifs is 2. The molecule has 3 aromatic rings. The van der Waals surface area contributed by atoms with Gasteiger partial charge in [-0.05, 0) is 49.6 Å². The normalized spacial score (nSPS) is 13.7. The number of halogens is 1. The van der Waals surface area contributed by atoms with Crippen molar-refractivity contribution in [1.29, 1.82) is 0 Å². The van der Waals surface area contributed by atoms with Gasteiger partial charge in [-0.2, -0.15) is 0 Å². The molecule has 1 amide bonds. The number of carbonyl (C=O) groups excluding carboxylic acids is 1. The van der Waals surface area contributed by atoms with Gasteiger partial charge < -0.3 is 10.1 Å². The highest BCUT2D eigenvalue weighted by Crippen LogP contribution is 2.28. The van der Waals surface area contributed by atoms with Crippen LogP contribution >= 0.6 is 22.9 Å². The Kier molecular flexibility index (Phi) is 5.87. The summed E-state index contributed by atoms with van der Waals surface area (Å²) in [5, 5.41) is 4.08. The first kappa shape index (κ1) is 19.9. The summed E-state index contributed by atoms with van der Waals surface area (Å²) < 4.78 is 7.39. The molecule has 0 saturated heterocycles. The number of hydrogen-bond acceptors (Lipinski definition) is 5. The highest BCUT2D eigenvalue weighted by atomic mass is 35.5. The Morgan fingerprint density at radius 3 is 2.86 bits per heavy atom. The van der Waals surface area contributed by atoms with Gasteiger partial charge in [0.25, 0.3) is 11.5 Å². The minimum Gasteiger partial charge on any atom is -0.492 e. The number of amides is 1. The molecule has 29 heavy (non-hydrogen) atoms. The van der Waals surface area contributed by atoms with Gasteiger partial charge >= 0.3 is 0 Å². The molecule has 8 heteroatoms. The van der Waals surface area contributed by atoms with Crippen LogP contribution in [0.5, 0.6) is 5.75 Å². The van der Waals surface area contributed by atoms with Gasteiger partial charge in [0.1, 0.15) is 23.0 Å². The molecule has 1 aliphatic heterocycles. The zero-order valence-corrected chi connectivity index (χ0v) is 17.7. The lowest BCUT2D eigenvalue weighted by atomic mass is 10.2. The van der Waals surface area contributed by atoms with Crippen LogP contribution in [-0.2, 0) is 13.0 Å². The Labute approximate surface area is 177 Å². The fourth-order valence-corrected chi connectivity index (χ4v) is 4.80. The summed E-state index contributed by atoms with van der Waals surface area (Å²) in [5.41, 5.74) is 0.684. The predicted octanol–water partition coefficient (Wildman–Crippen LogP) is 3.96. The molecule has 0 radical (unpaired) electrons. The summed E-state index contributed by atoms with van der Waals surface area (Å²) in [6.07, 6.45) is 3.96. The van der Waals surface area contributed by atoms with E-state index >= 15 is 0 Å². The average molecular weight is 432 g/mol. The highest BCUT2D eigenvalue weighted by Gasteiger charge is 2.22. The number of ether oxygens (including phenoxy) is 1. The summed E-state index contributed by atoms with van der Waals surface area (Å²) in [6, 6.07) is 7.07. The lowest BCUT2D eigenvalue weighted by Crippen LogP contribution is -2.28. The number of aryl methyl sites for hydroxylation is 2. The first-order chi connectivity index (χ1) is 14.0. The minimum absolute atomic E-state index is 0.0224. The fraction of sp³-hybridized carbons (Fsp3) is 0.381. The quantitative estimate of drug-likeness (QED) is 0.620. The average Bonchev–Trinajstić information content (AvgIpc) is 2.88. The third-order valence-corrected chi connectivity index (χ3v) is 6.52. The number of carbonyl (C=O) groups is 1. The van der Waals surface area contributed by atoms with Crippen LogP contribution < -0.4 is 15.6 Å². The van der Waals surface area contributed by atoms with E-state index < -0.39 is 0 Å². The van der Waals surface area contributed by atoms with Gasteiger partial charge in [-0.25, -0.2) is 4.98 Å². The second-order valence-electron chi connectivity index (χ2n) is 7.09. The van der Waals surface area contributed by atoms with E-state index in [4.69, 9.17) is 21.3 Å². The Morgan fingerprint density at radius 2 is 2.07 bits per heavy atom. The molecule has 0 aliphatic carbocycles. The molecule has 1 N–H and O–H groups in total. The number of thiophene rings is 1. The van der Waals surface area contributed by atoms with E-state index in [0.717, 1.165) is 31.5 Å². The number of hydrogen-bond donors (Lipinski definition) is 1. The van der Waals surface area contributed by atoms with E-state index in [-0.39, 0.29) is 11.5 Å². The van der Waals surface area contributed by atoms with Crippen LogP contribution in [-0.4, -0.2) is 28.6 Å². The number of nitrogens with zero attached hydrogens (tertiary/aromatic N) is 2. The second-order valence-corrected chi connectivity index (χ2v) is 8.53. The largest absolute Gasteiger partial charge is 0.492 e. The molecule has 0 bridgehead atoms. The van der Waals surface area contributed by atoms with Crippen LogP contribution in [0.15, 0.2) is 29.1 Å². The number of benzene rings is 1. The molecule has 152 valence electrons. The summed E-state index contributed by atoms with van der Waals surface area (Å²) in [4.78, 5) is 31.6. The van der Waals surface area contributed by atoms with Crippen molar-refractivity contribution >= 4 is 39.1 Å². The van der Waals surface area contributed by atoms with Gasteiger partial charge in [0.05, 0.1) is 16.8 Å². The maximum Gasteiger partial charge on any atom is 0.262 e. The minimum atomic E-state index is -0.204. The molecule has 1 aromatic carbocycles. The van der Waals surface area contributed by atoms with Gasteiger partial charge in [-0.1, -0.05) is 18.0 Å². The monoisotopic (exact) mass is 431 g/mol. The standard InChI is InChI=1S/C21H22ClN3O3S/c1-13-17-20(24-16-5-3-2-4-11-25(16)21(17)27)29-18(13)19(26)23-10-12-28-15-8-6-14(22)7-9-15/h6-9H,2-5,10-12H2,1H3,(H,23,26). The van der Waals surface area contributed by atoms with Gasteiger partial charge in [0, 0.05) is 18.0 Å². The first-order valence-electron chi connectivity index (χ1n) is 9.74. The van der Waals surface area contributed by atoms with Crippen LogP contribution in [0.3, 0.4) is 0 Å². The Bertz CT molecular complexity index is 1110. The molecule has 6 nitrogen and oxygen atoms in total. The van der Waals surface area contributed by atoms with E-state index in [1.165, 1.54) is 11.3 Å². The number of rotatable bonds is 5. The van der Waals surface area contributed by atoms with Crippen LogP contribution in [0.1, 0.15) is 40.3 Å². The van der Waals surface area contributed by atoms with Gasteiger partial charge in [0.15, 0.2) is 0 Å². The fourth-order valence-electron chi connectivity index (χ4n) is 3.57. The van der Waals surface area contributed by atoms with Gasteiger partial charge in [-0.15, -0.1) is 11.3 Å². The molecule has 1 aliphatic rings. The smallest absolute Gasteiger partial charge is 0.262 e. The van der Waals surface area contributed by atoms with Crippen molar-refractivity contribution in [3.8, 4) is 5.75 Å². The highest BCUT2D eigenvalue weighted by molar-refractivity contribution is 7.20. The molecule has 4 rings (SSSR count). The maximum atomic E-state index is 13.0. The molecule has 2 aromatic heterocycles. The zero-order valence-electron chi connectivity index (χ0n) is 16.2. The number of aromatic nitrogens is 2. The third kappa shape index (κ3) is 4.16. The van der Waals surface area contributed by atoms with Crippen LogP contribution in [0.25, 0.3) is 10.2 Å². The molecule has 0 saturated carbocycles. The molecule has 0 atom stereocenters. The van der Waals surface area contributed by atoms with Crippen molar-refractivity contribution < 1.29 is 9.53 Å². The van der Waals surface area contributed by atoms with Crippen LogP contribution in [0, 0.1) is 6.92 Å². The van der Waals surface area contributed by atoms with E-state index in [1.54, 1.807) is 28.8 Å². The van der Waals surface area contributed by atoms with Crippen molar-refractivity contribution in [2.45, 2.75) is 39.2 Å². The number of nitrogens with one attached hydrogen (secondary N) is 1. The van der Waals surface area contributed by atoms with Crippen LogP contribution in [0.2, 0.25) is 5.02 Å². The lowest BCUT2D eigenvalue weighted by Gasteiger charge is -2.08. The molecule has 3 heterocycles. The summed E-state index contributed by atoms with van der Waals surface area (Å²) in [6.45, 7) is 3.23. The Hall–Kier alpha value is -2.38. The zero-order chi connectivity index (χ0) is 20.4. The molecule has 0 unspecified atom stereocenters. The van der Waals surface area contributed by atoms with Gasteiger partial charge in [0.2, 0.25) is 0 Å². The van der Waals surface area contributed by atoms with Crippen molar-refractivity contribution in [1.82, 2.24) is 14.9 Å². The van der Waals surface area contributed by atoms with Gasteiger partial charge in [-0.3, -0.25) is 14.2 Å². The van der Waals surface area contributed by atoms with Crippen molar-refractivity contribution in [3.05, 3.63) is 55.9 Å². The van der Waals surface area contributed by atoms with Crippen molar-refractivity contribution in [2.75, 3.05) is 13.2 Å². The summed E-state index contributed by atoms with van der Waals surface area (Å²) in [5.74, 6) is 1.33. The van der Waals surface area contributed by atoms with E-state index in [0.29, 0.717) is 51.1 Å². The van der Waals surface area contributed by atoms with E-state index in [1.807, 2.05) is 6.92 Å². The molecular formula is C21H22ClN3O3S. The predicted molar refractivity (Wildman–Crippen MR) is 115 cm³/mol. The van der Waals surface area contributed by atoms with Crippen LogP contribution in [0.4, 0.5) is 0 Å². The van der Waals surface area contributed by atoms with E-state index in [2.05, 4.69) is 5.32 Å². The van der Waals surface area contributed by atoms with Crippen molar-refractivity contribution in [3.63, 3.8) is 0 Å². The topological polar surface area (TPSA) is 73.2 Å². The Morgan fingerprint density at radius 1 is 1.28 bits per heavy atom. The molecule has 0 spiro atoms. The van der Waals surface area contributed by atoms with Crippen molar-refractivity contribution in [2.24, 2.45) is 0 Å². The molecule has 0 fully saturated rings. The molecular weight excluding hydrogens is 410 g/mol.